The zero-order valence-electron chi connectivity index (χ0n) is 17.4. The average molecular weight is 458 g/mol. The number of rotatable bonds is 11. The number of ether oxygens (including phenoxy) is 1. The predicted octanol–water partition coefficient (Wildman–Crippen LogP) is 4.31. The van der Waals surface area contributed by atoms with E-state index in [1.807, 2.05) is 6.07 Å². The molecule has 3 heterocycles. The lowest BCUT2D eigenvalue weighted by Gasteiger charge is -2.26. The maximum atomic E-state index is 5.95. The van der Waals surface area contributed by atoms with E-state index in [-0.39, 0.29) is 0 Å². The molecule has 0 aliphatic carbocycles. The molecule has 0 radical (unpaired) electrons. The van der Waals surface area contributed by atoms with Crippen molar-refractivity contribution in [2.24, 2.45) is 0 Å². The second kappa shape index (κ2) is 11.8. The van der Waals surface area contributed by atoms with Crippen LogP contribution in [-0.4, -0.2) is 51.3 Å². The van der Waals surface area contributed by atoms with Crippen LogP contribution in [-0.2, 0) is 6.54 Å². The number of piperidine rings is 1. The van der Waals surface area contributed by atoms with Crippen molar-refractivity contribution in [2.75, 3.05) is 36.3 Å². The Bertz CT molecular complexity index is 919. The van der Waals surface area contributed by atoms with E-state index in [1.54, 1.807) is 18.5 Å². The van der Waals surface area contributed by atoms with Gasteiger partial charge in [-0.15, -0.1) is 10.2 Å². The number of benzene rings is 1. The Morgan fingerprint density at radius 2 is 1.87 bits per heavy atom. The van der Waals surface area contributed by atoms with E-state index < -0.39 is 0 Å². The predicted molar refractivity (Wildman–Crippen MR) is 126 cm³/mol. The summed E-state index contributed by atoms with van der Waals surface area (Å²) in [4.78, 5) is 10.8. The standard InChI is InChI=1S/C21H27N7OS2/c1-2-12-28(13-3-1)16-17-7-4-8-18(15-17)29-14-6-11-24-20-25-26-21(30-20)27-31-19-22-9-5-10-23-19/h4-5,7-10,15H,1-3,6,11-14,16H2,(H,24,25)(H,26,27). The van der Waals surface area contributed by atoms with Crippen molar-refractivity contribution >= 4 is 33.5 Å². The van der Waals surface area contributed by atoms with Gasteiger partial charge >= 0.3 is 0 Å². The van der Waals surface area contributed by atoms with Crippen LogP contribution in [0.3, 0.4) is 0 Å². The second-order valence-corrected chi connectivity index (χ2v) is 9.01. The Labute approximate surface area is 191 Å². The van der Waals surface area contributed by atoms with Crippen molar-refractivity contribution in [3.05, 3.63) is 48.3 Å². The monoisotopic (exact) mass is 457 g/mol. The van der Waals surface area contributed by atoms with Gasteiger partial charge in [-0.2, -0.15) is 0 Å². The minimum atomic E-state index is 0.643. The Morgan fingerprint density at radius 1 is 1.03 bits per heavy atom. The summed E-state index contributed by atoms with van der Waals surface area (Å²) in [6.45, 7) is 4.86. The zero-order valence-corrected chi connectivity index (χ0v) is 19.0. The SMILES string of the molecule is c1cnc(SNc2nnc(NCCCOc3cccc(CN4CCCCC4)c3)s2)nc1. The van der Waals surface area contributed by atoms with Crippen LogP contribution in [0.5, 0.6) is 5.75 Å². The largest absolute Gasteiger partial charge is 0.494 e. The van der Waals surface area contributed by atoms with E-state index in [2.05, 4.69) is 53.3 Å². The van der Waals surface area contributed by atoms with Crippen molar-refractivity contribution in [3.8, 4) is 5.75 Å². The summed E-state index contributed by atoms with van der Waals surface area (Å²) < 4.78 is 9.05. The number of aromatic nitrogens is 4. The van der Waals surface area contributed by atoms with Gasteiger partial charge in [-0.05, 0) is 56.1 Å². The average Bonchev–Trinajstić information content (AvgIpc) is 3.27. The molecular weight excluding hydrogens is 430 g/mol. The quantitative estimate of drug-likeness (QED) is 0.248. The van der Waals surface area contributed by atoms with Gasteiger partial charge in [-0.1, -0.05) is 29.9 Å². The Balaban J connectivity index is 1.13. The fourth-order valence-corrected chi connectivity index (χ4v) is 4.59. The highest BCUT2D eigenvalue weighted by atomic mass is 32.2. The summed E-state index contributed by atoms with van der Waals surface area (Å²) in [5.41, 5.74) is 1.32. The molecule has 4 rings (SSSR count). The summed E-state index contributed by atoms with van der Waals surface area (Å²) in [5.74, 6) is 0.942. The first-order valence-electron chi connectivity index (χ1n) is 10.6. The molecule has 2 aromatic heterocycles. The van der Waals surface area contributed by atoms with Crippen LogP contribution < -0.4 is 14.8 Å². The Hall–Kier alpha value is -2.43. The Kier molecular flexibility index (Phi) is 8.31. The maximum absolute atomic E-state index is 5.95. The summed E-state index contributed by atoms with van der Waals surface area (Å²) in [6.07, 6.45) is 8.29. The number of likely N-dealkylation sites (tertiary alicyclic amines) is 1. The molecule has 1 aliphatic rings. The number of hydrogen-bond acceptors (Lipinski definition) is 10. The summed E-state index contributed by atoms with van der Waals surface area (Å²) in [7, 11) is 0. The molecule has 0 saturated carbocycles. The molecule has 1 aliphatic heterocycles. The highest BCUT2D eigenvalue weighted by Gasteiger charge is 2.10. The van der Waals surface area contributed by atoms with E-state index in [0.717, 1.165) is 30.4 Å². The zero-order chi connectivity index (χ0) is 21.1. The molecule has 10 heteroatoms. The lowest BCUT2D eigenvalue weighted by molar-refractivity contribution is 0.220. The molecule has 2 N–H and O–H groups in total. The van der Waals surface area contributed by atoms with Crippen molar-refractivity contribution in [2.45, 2.75) is 37.4 Å². The molecule has 1 aromatic carbocycles. The topological polar surface area (TPSA) is 88.1 Å². The van der Waals surface area contributed by atoms with Gasteiger partial charge < -0.3 is 10.1 Å². The van der Waals surface area contributed by atoms with Crippen molar-refractivity contribution in [1.29, 1.82) is 0 Å². The second-order valence-electron chi connectivity index (χ2n) is 7.26. The van der Waals surface area contributed by atoms with Gasteiger partial charge in [0, 0.05) is 37.4 Å². The van der Waals surface area contributed by atoms with Gasteiger partial charge in [0.1, 0.15) is 5.75 Å². The Morgan fingerprint density at radius 3 is 2.74 bits per heavy atom. The normalized spacial score (nSPS) is 14.3. The number of anilines is 2. The van der Waals surface area contributed by atoms with Gasteiger partial charge in [0.25, 0.3) is 0 Å². The van der Waals surface area contributed by atoms with E-state index in [0.29, 0.717) is 16.9 Å². The molecule has 3 aromatic rings. The smallest absolute Gasteiger partial charge is 0.217 e. The molecule has 31 heavy (non-hydrogen) atoms. The number of nitrogens with zero attached hydrogens (tertiary/aromatic N) is 5. The van der Waals surface area contributed by atoms with Crippen molar-refractivity contribution in [3.63, 3.8) is 0 Å². The molecule has 1 fully saturated rings. The summed E-state index contributed by atoms with van der Waals surface area (Å²) in [6, 6.07) is 10.3. The van der Waals surface area contributed by atoms with Gasteiger partial charge in [0.05, 0.1) is 6.61 Å². The third-order valence-electron chi connectivity index (χ3n) is 4.82. The first kappa shape index (κ1) is 21.8. The summed E-state index contributed by atoms with van der Waals surface area (Å²) >= 11 is 2.77. The van der Waals surface area contributed by atoms with Crippen LogP contribution in [0.4, 0.5) is 10.3 Å². The number of hydrogen-bond donors (Lipinski definition) is 2. The van der Waals surface area contributed by atoms with Crippen LogP contribution in [0.15, 0.2) is 47.9 Å². The highest BCUT2D eigenvalue weighted by molar-refractivity contribution is 8.00. The minimum Gasteiger partial charge on any atom is -0.494 e. The molecule has 0 bridgehead atoms. The minimum absolute atomic E-state index is 0.643. The molecule has 164 valence electrons. The molecule has 0 spiro atoms. The van der Waals surface area contributed by atoms with Crippen molar-refractivity contribution < 1.29 is 4.74 Å². The molecule has 0 unspecified atom stereocenters. The number of nitrogens with one attached hydrogen (secondary N) is 2. The highest BCUT2D eigenvalue weighted by Crippen LogP contribution is 2.24. The van der Waals surface area contributed by atoms with E-state index in [4.69, 9.17) is 4.74 Å². The van der Waals surface area contributed by atoms with Gasteiger partial charge in [0.15, 0.2) is 0 Å². The first-order valence-corrected chi connectivity index (χ1v) is 12.2. The van der Waals surface area contributed by atoms with Gasteiger partial charge in [-0.25, -0.2) is 9.97 Å². The van der Waals surface area contributed by atoms with Crippen LogP contribution in [0, 0.1) is 0 Å². The third-order valence-corrected chi connectivity index (χ3v) is 6.43. The van der Waals surface area contributed by atoms with Crippen LogP contribution in [0.2, 0.25) is 0 Å². The van der Waals surface area contributed by atoms with E-state index in [9.17, 15) is 0 Å². The molecule has 1 saturated heterocycles. The maximum Gasteiger partial charge on any atom is 0.217 e. The van der Waals surface area contributed by atoms with Crippen LogP contribution >= 0.6 is 23.3 Å². The van der Waals surface area contributed by atoms with Crippen LogP contribution in [0.25, 0.3) is 0 Å². The first-order chi connectivity index (χ1) is 15.3. The van der Waals surface area contributed by atoms with Gasteiger partial charge in [-0.3, -0.25) is 9.62 Å². The van der Waals surface area contributed by atoms with Gasteiger partial charge in [0.2, 0.25) is 15.4 Å². The van der Waals surface area contributed by atoms with E-state index in [1.165, 1.54) is 61.2 Å². The molecular formula is C21H27N7OS2. The third kappa shape index (κ3) is 7.34. The van der Waals surface area contributed by atoms with E-state index >= 15 is 0 Å². The molecule has 0 atom stereocenters. The van der Waals surface area contributed by atoms with Crippen LogP contribution in [0.1, 0.15) is 31.2 Å². The fraction of sp³-hybridized carbons (Fsp3) is 0.429. The summed E-state index contributed by atoms with van der Waals surface area (Å²) in [5, 5.41) is 13.7. The fourth-order valence-electron chi connectivity index (χ4n) is 3.33. The molecule has 8 nitrogen and oxygen atoms in total. The lowest BCUT2D eigenvalue weighted by atomic mass is 10.1. The molecule has 0 amide bonds. The van der Waals surface area contributed by atoms with Crippen molar-refractivity contribution in [1.82, 2.24) is 25.1 Å². The lowest BCUT2D eigenvalue weighted by Crippen LogP contribution is -2.29.